The van der Waals surface area contributed by atoms with E-state index in [2.05, 4.69) is 10.6 Å². The van der Waals surface area contributed by atoms with E-state index < -0.39 is 0 Å². The summed E-state index contributed by atoms with van der Waals surface area (Å²) in [4.78, 5) is 12.4. The molecule has 3 rings (SSSR count). The van der Waals surface area contributed by atoms with Crippen LogP contribution in [0, 0.1) is 11.8 Å². The fraction of sp³-hybridized carbons (Fsp3) is 0.611. The summed E-state index contributed by atoms with van der Waals surface area (Å²) in [7, 11) is 0. The molecule has 2 saturated heterocycles. The molecule has 2 N–H and O–H groups in total. The topological polar surface area (TPSA) is 59.6 Å². The van der Waals surface area contributed by atoms with Crippen molar-refractivity contribution in [2.75, 3.05) is 31.6 Å². The molecule has 2 atom stereocenters. The van der Waals surface area contributed by atoms with E-state index >= 15 is 0 Å². The van der Waals surface area contributed by atoms with Gasteiger partial charge in [-0.15, -0.1) is 0 Å². The Kier molecular flexibility index (Phi) is 5.51. The third kappa shape index (κ3) is 4.24. The van der Waals surface area contributed by atoms with Gasteiger partial charge < -0.3 is 20.1 Å². The SMILES string of the molecule is CC(C(=O)Nc1ccccc1OCC1CCCCO1)C1CNC1. The zero-order chi connectivity index (χ0) is 16.1. The van der Waals surface area contributed by atoms with Crippen molar-refractivity contribution >= 4 is 11.6 Å². The highest BCUT2D eigenvalue weighted by molar-refractivity contribution is 5.94. The summed E-state index contributed by atoms with van der Waals surface area (Å²) in [5, 5.41) is 6.22. The average molecular weight is 318 g/mol. The van der Waals surface area contributed by atoms with Gasteiger partial charge in [-0.2, -0.15) is 0 Å². The van der Waals surface area contributed by atoms with Crippen LogP contribution in [-0.4, -0.2) is 38.3 Å². The molecule has 0 aromatic heterocycles. The van der Waals surface area contributed by atoms with E-state index in [0.29, 0.717) is 18.3 Å². The van der Waals surface area contributed by atoms with Gasteiger partial charge in [0.05, 0.1) is 11.8 Å². The van der Waals surface area contributed by atoms with Crippen molar-refractivity contribution in [2.45, 2.75) is 32.3 Å². The molecule has 126 valence electrons. The fourth-order valence-corrected chi connectivity index (χ4v) is 2.94. The second kappa shape index (κ2) is 7.79. The van der Waals surface area contributed by atoms with Crippen molar-refractivity contribution in [3.8, 4) is 5.75 Å². The molecular weight excluding hydrogens is 292 g/mol. The summed E-state index contributed by atoms with van der Waals surface area (Å²) in [5.41, 5.74) is 0.743. The predicted octanol–water partition coefficient (Wildman–Crippen LogP) is 2.43. The van der Waals surface area contributed by atoms with Crippen molar-refractivity contribution in [1.82, 2.24) is 5.32 Å². The molecule has 2 unspecified atom stereocenters. The summed E-state index contributed by atoms with van der Waals surface area (Å²) in [6.45, 7) is 5.19. The summed E-state index contributed by atoms with van der Waals surface area (Å²) >= 11 is 0. The van der Waals surface area contributed by atoms with E-state index in [1.54, 1.807) is 0 Å². The lowest BCUT2D eigenvalue weighted by atomic mass is 9.88. The minimum Gasteiger partial charge on any atom is -0.489 e. The molecule has 1 aromatic rings. The Morgan fingerprint density at radius 3 is 2.91 bits per heavy atom. The van der Waals surface area contributed by atoms with Crippen molar-refractivity contribution in [3.05, 3.63) is 24.3 Å². The van der Waals surface area contributed by atoms with Crippen molar-refractivity contribution in [3.63, 3.8) is 0 Å². The summed E-state index contributed by atoms with van der Waals surface area (Å²) in [5.74, 6) is 1.21. The van der Waals surface area contributed by atoms with E-state index in [1.165, 1.54) is 6.42 Å². The molecule has 1 aromatic carbocycles. The van der Waals surface area contributed by atoms with Gasteiger partial charge in [0.15, 0.2) is 0 Å². The van der Waals surface area contributed by atoms with Crippen LogP contribution in [0.4, 0.5) is 5.69 Å². The van der Waals surface area contributed by atoms with Crippen LogP contribution in [0.1, 0.15) is 26.2 Å². The number of carbonyl (C=O) groups is 1. The van der Waals surface area contributed by atoms with Gasteiger partial charge in [0.2, 0.25) is 5.91 Å². The molecule has 2 fully saturated rings. The predicted molar refractivity (Wildman–Crippen MR) is 89.7 cm³/mol. The standard InChI is InChI=1S/C18H26N2O3/c1-13(14-10-19-11-14)18(21)20-16-7-2-3-8-17(16)23-12-15-6-4-5-9-22-15/h2-3,7-8,13-15,19H,4-6,9-12H2,1H3,(H,20,21). The maximum atomic E-state index is 12.4. The van der Waals surface area contributed by atoms with Gasteiger partial charge in [0.1, 0.15) is 12.4 Å². The lowest BCUT2D eigenvalue weighted by Gasteiger charge is -2.31. The number of para-hydroxylation sites is 2. The lowest BCUT2D eigenvalue weighted by Crippen LogP contribution is -2.48. The summed E-state index contributed by atoms with van der Waals surface area (Å²) in [6, 6.07) is 7.62. The smallest absolute Gasteiger partial charge is 0.227 e. The minimum absolute atomic E-state index is 0.00554. The monoisotopic (exact) mass is 318 g/mol. The fourth-order valence-electron chi connectivity index (χ4n) is 2.94. The van der Waals surface area contributed by atoms with E-state index in [9.17, 15) is 4.79 Å². The molecule has 1 amide bonds. The molecular formula is C18H26N2O3. The van der Waals surface area contributed by atoms with Crippen LogP contribution in [0.2, 0.25) is 0 Å². The number of anilines is 1. The van der Waals surface area contributed by atoms with Crippen LogP contribution in [-0.2, 0) is 9.53 Å². The third-order valence-corrected chi connectivity index (χ3v) is 4.78. The minimum atomic E-state index is 0.00554. The zero-order valence-electron chi connectivity index (χ0n) is 13.7. The number of hydrogen-bond acceptors (Lipinski definition) is 4. The number of hydrogen-bond donors (Lipinski definition) is 2. The number of benzene rings is 1. The van der Waals surface area contributed by atoms with Crippen LogP contribution in [0.15, 0.2) is 24.3 Å². The maximum Gasteiger partial charge on any atom is 0.227 e. The van der Waals surface area contributed by atoms with Crippen LogP contribution < -0.4 is 15.4 Å². The highest BCUT2D eigenvalue weighted by Crippen LogP contribution is 2.26. The summed E-state index contributed by atoms with van der Waals surface area (Å²) in [6.07, 6.45) is 3.53. The Hall–Kier alpha value is -1.59. The second-order valence-corrected chi connectivity index (χ2v) is 6.49. The Bertz CT molecular complexity index is 525. The van der Waals surface area contributed by atoms with E-state index in [0.717, 1.165) is 38.2 Å². The van der Waals surface area contributed by atoms with E-state index in [4.69, 9.17) is 9.47 Å². The molecule has 0 aliphatic carbocycles. The largest absolute Gasteiger partial charge is 0.489 e. The van der Waals surface area contributed by atoms with Gasteiger partial charge in [0.25, 0.3) is 0 Å². The molecule has 5 nitrogen and oxygen atoms in total. The number of carbonyl (C=O) groups excluding carboxylic acids is 1. The van der Waals surface area contributed by atoms with Gasteiger partial charge in [-0.1, -0.05) is 19.1 Å². The van der Waals surface area contributed by atoms with Crippen LogP contribution >= 0.6 is 0 Å². The normalized spacial score (nSPS) is 22.9. The molecule has 2 heterocycles. The van der Waals surface area contributed by atoms with Gasteiger partial charge in [-0.05, 0) is 50.4 Å². The first-order chi connectivity index (χ1) is 11.2. The average Bonchev–Trinajstić information content (AvgIpc) is 2.53. The number of ether oxygens (including phenoxy) is 2. The van der Waals surface area contributed by atoms with Crippen LogP contribution in [0.5, 0.6) is 5.75 Å². The molecule has 0 radical (unpaired) electrons. The van der Waals surface area contributed by atoms with Crippen molar-refractivity contribution < 1.29 is 14.3 Å². The quantitative estimate of drug-likeness (QED) is 0.846. The maximum absolute atomic E-state index is 12.4. The van der Waals surface area contributed by atoms with Gasteiger partial charge in [0, 0.05) is 12.5 Å². The number of rotatable bonds is 6. The Balaban J connectivity index is 1.57. The highest BCUT2D eigenvalue weighted by atomic mass is 16.5. The molecule has 5 heteroatoms. The molecule has 2 aliphatic rings. The van der Waals surface area contributed by atoms with Gasteiger partial charge >= 0.3 is 0 Å². The van der Waals surface area contributed by atoms with Crippen LogP contribution in [0.3, 0.4) is 0 Å². The first kappa shape index (κ1) is 16.3. The first-order valence-electron chi connectivity index (χ1n) is 8.59. The van der Waals surface area contributed by atoms with Crippen molar-refractivity contribution in [1.29, 1.82) is 0 Å². The van der Waals surface area contributed by atoms with Gasteiger partial charge in [-0.3, -0.25) is 4.79 Å². The Labute approximate surface area is 137 Å². The zero-order valence-corrected chi connectivity index (χ0v) is 13.7. The van der Waals surface area contributed by atoms with E-state index in [-0.39, 0.29) is 17.9 Å². The Morgan fingerprint density at radius 1 is 1.39 bits per heavy atom. The van der Waals surface area contributed by atoms with Gasteiger partial charge in [-0.25, -0.2) is 0 Å². The molecule has 23 heavy (non-hydrogen) atoms. The highest BCUT2D eigenvalue weighted by Gasteiger charge is 2.29. The molecule has 0 spiro atoms. The molecule has 0 saturated carbocycles. The first-order valence-corrected chi connectivity index (χ1v) is 8.59. The third-order valence-electron chi connectivity index (χ3n) is 4.78. The number of amides is 1. The Morgan fingerprint density at radius 2 is 2.22 bits per heavy atom. The second-order valence-electron chi connectivity index (χ2n) is 6.49. The van der Waals surface area contributed by atoms with Crippen molar-refractivity contribution in [2.24, 2.45) is 11.8 Å². The number of nitrogens with one attached hydrogen (secondary N) is 2. The molecule has 0 bridgehead atoms. The lowest BCUT2D eigenvalue weighted by molar-refractivity contribution is -0.121. The summed E-state index contributed by atoms with van der Waals surface area (Å²) < 4.78 is 11.6. The van der Waals surface area contributed by atoms with E-state index in [1.807, 2.05) is 31.2 Å². The molecule has 2 aliphatic heterocycles. The van der Waals surface area contributed by atoms with Crippen LogP contribution in [0.25, 0.3) is 0 Å².